The molecule has 0 atom stereocenters. The van der Waals surface area contributed by atoms with Crippen molar-refractivity contribution in [2.24, 2.45) is 0 Å². The maximum atomic E-state index is 11.9. The first kappa shape index (κ1) is 17.3. The molecule has 1 saturated heterocycles. The lowest BCUT2D eigenvalue weighted by Gasteiger charge is -2.34. The first-order chi connectivity index (χ1) is 11.0. The van der Waals surface area contributed by atoms with Gasteiger partial charge in [0.25, 0.3) is 0 Å². The minimum Gasteiger partial charge on any atom is -0.369 e. The first-order valence-corrected chi connectivity index (χ1v) is 8.14. The topological polar surface area (TPSA) is 64.7 Å². The van der Waals surface area contributed by atoms with Crippen LogP contribution in [0.5, 0.6) is 0 Å². The van der Waals surface area contributed by atoms with Gasteiger partial charge in [-0.15, -0.1) is 0 Å². The van der Waals surface area contributed by atoms with Crippen LogP contribution in [0.25, 0.3) is 0 Å². The summed E-state index contributed by atoms with van der Waals surface area (Å²) < 4.78 is 0. The van der Waals surface area contributed by atoms with Crippen LogP contribution in [0.3, 0.4) is 0 Å². The molecule has 2 amide bonds. The molecule has 1 heterocycles. The van der Waals surface area contributed by atoms with E-state index in [1.807, 2.05) is 26.0 Å². The van der Waals surface area contributed by atoms with Crippen LogP contribution < -0.4 is 15.5 Å². The molecular weight excluding hydrogens is 292 g/mol. The third-order valence-electron chi connectivity index (χ3n) is 4.07. The zero-order valence-electron chi connectivity index (χ0n) is 14.2. The Morgan fingerprint density at radius 3 is 2.43 bits per heavy atom. The van der Waals surface area contributed by atoms with Crippen LogP contribution in [0, 0.1) is 6.92 Å². The molecule has 23 heavy (non-hydrogen) atoms. The van der Waals surface area contributed by atoms with Gasteiger partial charge in [0.05, 0.1) is 0 Å². The molecule has 1 aromatic carbocycles. The lowest BCUT2D eigenvalue weighted by molar-refractivity contribution is -0.136. The van der Waals surface area contributed by atoms with Gasteiger partial charge < -0.3 is 20.4 Å². The number of rotatable bonds is 4. The molecule has 0 unspecified atom stereocenters. The van der Waals surface area contributed by atoms with Gasteiger partial charge in [-0.05, 0) is 44.2 Å². The predicted octanol–water partition coefficient (Wildman–Crippen LogP) is 1.21. The van der Waals surface area contributed by atoms with Crippen LogP contribution in [0.4, 0.5) is 11.4 Å². The molecule has 1 fully saturated rings. The van der Waals surface area contributed by atoms with Crippen LogP contribution >= 0.6 is 0 Å². The average Bonchev–Trinajstić information content (AvgIpc) is 2.55. The molecular formula is C17H26N4O2. The molecule has 0 bridgehead atoms. The summed E-state index contributed by atoms with van der Waals surface area (Å²) in [4.78, 5) is 28.1. The number of anilines is 2. The van der Waals surface area contributed by atoms with E-state index in [4.69, 9.17) is 0 Å². The molecule has 6 nitrogen and oxygen atoms in total. The van der Waals surface area contributed by atoms with Gasteiger partial charge in [-0.2, -0.15) is 0 Å². The van der Waals surface area contributed by atoms with Crippen molar-refractivity contribution in [1.82, 2.24) is 10.2 Å². The van der Waals surface area contributed by atoms with Crippen molar-refractivity contribution >= 4 is 23.2 Å². The normalized spacial score (nSPS) is 15.3. The average molecular weight is 318 g/mol. The first-order valence-electron chi connectivity index (χ1n) is 8.14. The van der Waals surface area contributed by atoms with Gasteiger partial charge in [0.2, 0.25) is 0 Å². The van der Waals surface area contributed by atoms with E-state index in [2.05, 4.69) is 33.5 Å². The summed E-state index contributed by atoms with van der Waals surface area (Å²) in [7, 11) is 2.13. The molecule has 2 rings (SSSR count). The quantitative estimate of drug-likeness (QED) is 0.819. The number of nitrogens with one attached hydrogen (secondary N) is 2. The number of hydrogen-bond acceptors (Lipinski definition) is 4. The summed E-state index contributed by atoms with van der Waals surface area (Å²) in [6.07, 6.45) is 0.803. The van der Waals surface area contributed by atoms with E-state index in [1.54, 1.807) is 0 Å². The zero-order valence-corrected chi connectivity index (χ0v) is 14.2. The van der Waals surface area contributed by atoms with Crippen molar-refractivity contribution in [3.05, 3.63) is 23.8 Å². The van der Waals surface area contributed by atoms with Gasteiger partial charge in [-0.25, -0.2) is 0 Å². The van der Waals surface area contributed by atoms with Gasteiger partial charge in [-0.3, -0.25) is 9.59 Å². The molecule has 0 aromatic heterocycles. The number of likely N-dealkylation sites (N-methyl/N-ethyl adjacent to an activating group) is 1. The number of carbonyl (C=O) groups is 2. The number of benzene rings is 1. The van der Waals surface area contributed by atoms with Crippen LogP contribution in [-0.4, -0.2) is 56.5 Å². The van der Waals surface area contributed by atoms with E-state index >= 15 is 0 Å². The number of carbonyl (C=O) groups excluding carboxylic acids is 2. The summed E-state index contributed by atoms with van der Waals surface area (Å²) >= 11 is 0. The molecule has 1 aliphatic heterocycles. The fourth-order valence-electron chi connectivity index (χ4n) is 2.55. The molecule has 1 aliphatic rings. The van der Waals surface area contributed by atoms with E-state index in [-0.39, 0.29) is 0 Å². The van der Waals surface area contributed by atoms with Crippen molar-refractivity contribution in [1.29, 1.82) is 0 Å². The Morgan fingerprint density at radius 2 is 1.83 bits per heavy atom. The maximum Gasteiger partial charge on any atom is 0.313 e. The molecule has 0 radical (unpaired) electrons. The fraction of sp³-hybridized carbons (Fsp3) is 0.529. The van der Waals surface area contributed by atoms with Crippen molar-refractivity contribution in [3.8, 4) is 0 Å². The number of hydrogen-bond donors (Lipinski definition) is 2. The predicted molar refractivity (Wildman–Crippen MR) is 92.8 cm³/mol. The van der Waals surface area contributed by atoms with Gasteiger partial charge in [0, 0.05) is 44.1 Å². The summed E-state index contributed by atoms with van der Waals surface area (Å²) in [5.74, 6) is -1.21. The smallest absolute Gasteiger partial charge is 0.313 e. The summed E-state index contributed by atoms with van der Waals surface area (Å²) in [5.41, 5.74) is 2.79. The Balaban J connectivity index is 1.99. The van der Waals surface area contributed by atoms with E-state index in [0.29, 0.717) is 12.2 Å². The highest BCUT2D eigenvalue weighted by atomic mass is 16.2. The molecule has 6 heteroatoms. The van der Waals surface area contributed by atoms with Crippen LogP contribution in [0.15, 0.2) is 18.2 Å². The molecule has 126 valence electrons. The minimum atomic E-state index is -0.617. The van der Waals surface area contributed by atoms with Crippen molar-refractivity contribution in [2.75, 3.05) is 50.0 Å². The monoisotopic (exact) mass is 318 g/mol. The molecule has 1 aromatic rings. The maximum absolute atomic E-state index is 11.9. The largest absolute Gasteiger partial charge is 0.369 e. The number of amides is 2. The molecule has 2 N–H and O–H groups in total. The van der Waals surface area contributed by atoms with Gasteiger partial charge in [0.1, 0.15) is 0 Å². The SMILES string of the molecule is CCCNC(=O)C(=O)Nc1ccc(N2CCN(C)CC2)cc1C. The second-order valence-corrected chi connectivity index (χ2v) is 6.00. The Bertz CT molecular complexity index is 566. The van der Waals surface area contributed by atoms with Crippen LogP contribution in [-0.2, 0) is 9.59 Å². The Labute approximate surface area is 137 Å². The highest BCUT2D eigenvalue weighted by Gasteiger charge is 2.17. The van der Waals surface area contributed by atoms with Crippen molar-refractivity contribution in [3.63, 3.8) is 0 Å². The Hall–Kier alpha value is -2.08. The van der Waals surface area contributed by atoms with E-state index in [0.717, 1.165) is 43.9 Å². The number of piperazine rings is 1. The van der Waals surface area contributed by atoms with Gasteiger partial charge in [-0.1, -0.05) is 6.92 Å². The third kappa shape index (κ3) is 4.69. The summed E-state index contributed by atoms with van der Waals surface area (Å²) in [6.45, 7) is 8.50. The minimum absolute atomic E-state index is 0.508. The Morgan fingerprint density at radius 1 is 1.13 bits per heavy atom. The van der Waals surface area contributed by atoms with Gasteiger partial charge in [0.15, 0.2) is 0 Å². The van der Waals surface area contributed by atoms with Crippen molar-refractivity contribution in [2.45, 2.75) is 20.3 Å². The van der Waals surface area contributed by atoms with E-state index in [9.17, 15) is 9.59 Å². The highest BCUT2D eigenvalue weighted by Crippen LogP contribution is 2.23. The fourth-order valence-corrected chi connectivity index (χ4v) is 2.55. The number of nitrogens with zero attached hydrogens (tertiary/aromatic N) is 2. The van der Waals surface area contributed by atoms with Crippen LogP contribution in [0.2, 0.25) is 0 Å². The van der Waals surface area contributed by atoms with E-state index < -0.39 is 11.8 Å². The highest BCUT2D eigenvalue weighted by molar-refractivity contribution is 6.39. The van der Waals surface area contributed by atoms with Crippen molar-refractivity contribution < 1.29 is 9.59 Å². The number of aryl methyl sites for hydroxylation is 1. The third-order valence-corrected chi connectivity index (χ3v) is 4.07. The summed E-state index contributed by atoms with van der Waals surface area (Å²) in [6, 6.07) is 5.93. The second-order valence-electron chi connectivity index (χ2n) is 6.00. The molecule has 0 saturated carbocycles. The lowest BCUT2D eigenvalue weighted by Crippen LogP contribution is -2.44. The van der Waals surface area contributed by atoms with Gasteiger partial charge >= 0.3 is 11.8 Å². The second kappa shape index (κ2) is 7.97. The molecule has 0 spiro atoms. The zero-order chi connectivity index (χ0) is 16.8. The van der Waals surface area contributed by atoms with E-state index in [1.165, 1.54) is 0 Å². The summed E-state index contributed by atoms with van der Waals surface area (Å²) in [5, 5.41) is 5.25. The standard InChI is InChI=1S/C17H26N4O2/c1-4-7-18-16(22)17(23)19-15-6-5-14(12-13(15)2)21-10-8-20(3)9-11-21/h5-6,12H,4,7-11H2,1-3H3,(H,18,22)(H,19,23). The Kier molecular flexibility index (Phi) is 5.98. The lowest BCUT2D eigenvalue weighted by atomic mass is 10.1. The van der Waals surface area contributed by atoms with Crippen LogP contribution in [0.1, 0.15) is 18.9 Å². The molecule has 0 aliphatic carbocycles.